The van der Waals surface area contributed by atoms with E-state index in [1.165, 1.54) is 0 Å². The number of amidine groups is 1. The molecule has 0 fully saturated rings. The molecule has 0 bridgehead atoms. The molecular weight excluding hydrogens is 285 g/mol. The van der Waals surface area contributed by atoms with E-state index in [-0.39, 0.29) is 11.7 Å². The molecule has 1 aromatic carbocycles. The smallest absolute Gasteiger partial charge is 0.230 e. The molecule has 19 heavy (non-hydrogen) atoms. The van der Waals surface area contributed by atoms with Crippen LogP contribution in [0.1, 0.15) is 11.1 Å². The molecule has 2 rings (SSSR count). The number of hydrogen-bond acceptors (Lipinski definition) is 3. The van der Waals surface area contributed by atoms with Gasteiger partial charge in [0.05, 0.1) is 10.6 Å². The molecule has 0 spiro atoms. The summed E-state index contributed by atoms with van der Waals surface area (Å²) in [6, 6.07) is 6.62. The van der Waals surface area contributed by atoms with Crippen LogP contribution in [-0.4, -0.2) is 10.8 Å². The summed E-state index contributed by atoms with van der Waals surface area (Å²) in [6.45, 7) is 1.83. The van der Waals surface area contributed by atoms with Gasteiger partial charge in [-0.1, -0.05) is 23.2 Å². The summed E-state index contributed by atoms with van der Waals surface area (Å²) in [5, 5.41) is 8.46. The highest BCUT2D eigenvalue weighted by atomic mass is 35.5. The van der Waals surface area contributed by atoms with E-state index in [9.17, 15) is 0 Å². The number of halogens is 2. The van der Waals surface area contributed by atoms with Crippen LogP contribution in [0.4, 0.5) is 0 Å². The largest absolute Gasteiger partial charge is 0.437 e. The molecule has 1 heterocycles. The lowest BCUT2D eigenvalue weighted by molar-refractivity contribution is 0.461. The Labute approximate surface area is 120 Å². The van der Waals surface area contributed by atoms with Crippen LogP contribution in [0.15, 0.2) is 30.5 Å². The summed E-state index contributed by atoms with van der Waals surface area (Å²) in [5.74, 6) is 0.550. The highest BCUT2D eigenvalue weighted by molar-refractivity contribution is 6.35. The van der Waals surface area contributed by atoms with Crippen molar-refractivity contribution in [3.8, 4) is 11.6 Å². The standard InChI is InChI=1S/C13H11Cl2N3O/c1-7-4-5-18-13(11(7)12(16)17)19-10-3-2-8(14)6-9(10)15/h2-6H,1H3,(H3,16,17). The summed E-state index contributed by atoms with van der Waals surface area (Å²) in [7, 11) is 0. The summed E-state index contributed by atoms with van der Waals surface area (Å²) >= 11 is 11.8. The first-order valence-electron chi connectivity index (χ1n) is 5.42. The molecule has 0 aliphatic rings. The Morgan fingerprint density at radius 3 is 2.68 bits per heavy atom. The molecule has 6 heteroatoms. The number of nitrogens with zero attached hydrogens (tertiary/aromatic N) is 1. The lowest BCUT2D eigenvalue weighted by atomic mass is 10.1. The molecule has 0 atom stereocenters. The van der Waals surface area contributed by atoms with Gasteiger partial charge in [0, 0.05) is 11.2 Å². The van der Waals surface area contributed by atoms with Gasteiger partial charge in [0.25, 0.3) is 0 Å². The number of pyridine rings is 1. The minimum absolute atomic E-state index is 0.106. The average Bonchev–Trinajstić information content (AvgIpc) is 2.32. The summed E-state index contributed by atoms with van der Waals surface area (Å²) in [5.41, 5.74) is 6.80. The van der Waals surface area contributed by atoms with Gasteiger partial charge in [-0.15, -0.1) is 0 Å². The van der Waals surface area contributed by atoms with Crippen LogP contribution >= 0.6 is 23.2 Å². The van der Waals surface area contributed by atoms with Crippen molar-refractivity contribution in [2.75, 3.05) is 0 Å². The number of hydrogen-bond donors (Lipinski definition) is 2. The first-order valence-corrected chi connectivity index (χ1v) is 6.17. The number of ether oxygens (including phenoxy) is 1. The molecule has 4 nitrogen and oxygen atoms in total. The maximum absolute atomic E-state index is 7.57. The quantitative estimate of drug-likeness (QED) is 0.669. The minimum Gasteiger partial charge on any atom is -0.437 e. The lowest BCUT2D eigenvalue weighted by Gasteiger charge is -2.12. The molecule has 0 aliphatic heterocycles. The fourth-order valence-electron chi connectivity index (χ4n) is 1.60. The van der Waals surface area contributed by atoms with Crippen molar-refractivity contribution in [1.82, 2.24) is 4.98 Å². The third kappa shape index (κ3) is 2.97. The van der Waals surface area contributed by atoms with Crippen molar-refractivity contribution >= 4 is 29.0 Å². The third-order valence-corrected chi connectivity index (χ3v) is 3.02. The zero-order chi connectivity index (χ0) is 14.0. The van der Waals surface area contributed by atoms with Crippen molar-refractivity contribution in [2.24, 2.45) is 5.73 Å². The van der Waals surface area contributed by atoms with Gasteiger partial charge >= 0.3 is 0 Å². The average molecular weight is 296 g/mol. The fourth-order valence-corrected chi connectivity index (χ4v) is 2.05. The Morgan fingerprint density at radius 2 is 2.05 bits per heavy atom. The highest BCUT2D eigenvalue weighted by Gasteiger charge is 2.13. The molecule has 0 aliphatic carbocycles. The van der Waals surface area contributed by atoms with E-state index in [2.05, 4.69) is 4.98 Å². The molecule has 98 valence electrons. The molecule has 0 unspecified atom stereocenters. The maximum Gasteiger partial charge on any atom is 0.230 e. The second-order valence-electron chi connectivity index (χ2n) is 3.90. The summed E-state index contributed by atoms with van der Waals surface area (Å²) in [6.07, 6.45) is 1.58. The second kappa shape index (κ2) is 5.47. The van der Waals surface area contributed by atoms with Crippen molar-refractivity contribution in [2.45, 2.75) is 6.92 Å². The van der Waals surface area contributed by atoms with Crippen molar-refractivity contribution < 1.29 is 4.74 Å². The van der Waals surface area contributed by atoms with E-state index >= 15 is 0 Å². The highest BCUT2D eigenvalue weighted by Crippen LogP contribution is 2.32. The predicted octanol–water partition coefficient (Wildman–Crippen LogP) is 3.77. The second-order valence-corrected chi connectivity index (χ2v) is 4.74. The molecular formula is C13H11Cl2N3O. The van der Waals surface area contributed by atoms with Gasteiger partial charge in [-0.3, -0.25) is 5.41 Å². The zero-order valence-electron chi connectivity index (χ0n) is 10.1. The molecule has 2 aromatic rings. The third-order valence-electron chi connectivity index (χ3n) is 2.49. The minimum atomic E-state index is -0.106. The Kier molecular flexibility index (Phi) is 3.93. The zero-order valence-corrected chi connectivity index (χ0v) is 11.6. The number of nitrogen functional groups attached to an aromatic ring is 1. The molecule has 0 amide bonds. The molecule has 3 N–H and O–H groups in total. The number of nitrogens with two attached hydrogens (primary N) is 1. The maximum atomic E-state index is 7.57. The first kappa shape index (κ1) is 13.6. The number of aryl methyl sites for hydroxylation is 1. The van der Waals surface area contributed by atoms with E-state index in [1.54, 1.807) is 30.5 Å². The van der Waals surface area contributed by atoms with E-state index in [0.717, 1.165) is 5.56 Å². The van der Waals surface area contributed by atoms with Crippen molar-refractivity contribution in [1.29, 1.82) is 5.41 Å². The molecule has 0 saturated carbocycles. The van der Waals surface area contributed by atoms with E-state index in [4.69, 9.17) is 39.1 Å². The molecule has 0 saturated heterocycles. The van der Waals surface area contributed by atoms with Gasteiger partial charge in [0.2, 0.25) is 5.88 Å². The molecule has 0 radical (unpaired) electrons. The van der Waals surface area contributed by atoms with E-state index in [1.807, 2.05) is 6.92 Å². The normalized spacial score (nSPS) is 10.3. The fraction of sp³-hybridized carbons (Fsp3) is 0.0769. The topological polar surface area (TPSA) is 72.0 Å². The van der Waals surface area contributed by atoms with Crippen LogP contribution in [0, 0.1) is 12.3 Å². The van der Waals surface area contributed by atoms with Gasteiger partial charge in [0.15, 0.2) is 0 Å². The van der Waals surface area contributed by atoms with E-state index in [0.29, 0.717) is 21.4 Å². The van der Waals surface area contributed by atoms with Gasteiger partial charge < -0.3 is 10.5 Å². The van der Waals surface area contributed by atoms with Gasteiger partial charge in [-0.05, 0) is 36.8 Å². The predicted molar refractivity (Wildman–Crippen MR) is 76.5 cm³/mol. The van der Waals surface area contributed by atoms with Crippen LogP contribution in [0.3, 0.4) is 0 Å². The van der Waals surface area contributed by atoms with Crippen LogP contribution in [0.5, 0.6) is 11.6 Å². The summed E-state index contributed by atoms with van der Waals surface area (Å²) in [4.78, 5) is 4.08. The van der Waals surface area contributed by atoms with Crippen molar-refractivity contribution in [3.63, 3.8) is 0 Å². The van der Waals surface area contributed by atoms with Gasteiger partial charge in [0.1, 0.15) is 11.6 Å². The number of benzene rings is 1. The number of aromatic nitrogens is 1. The van der Waals surface area contributed by atoms with Gasteiger partial charge in [-0.25, -0.2) is 4.98 Å². The first-order chi connectivity index (χ1) is 8.99. The van der Waals surface area contributed by atoms with Crippen LogP contribution in [0.25, 0.3) is 0 Å². The number of rotatable bonds is 3. The van der Waals surface area contributed by atoms with Gasteiger partial charge in [-0.2, -0.15) is 0 Å². The van der Waals surface area contributed by atoms with Crippen LogP contribution < -0.4 is 10.5 Å². The monoisotopic (exact) mass is 295 g/mol. The van der Waals surface area contributed by atoms with Crippen LogP contribution in [-0.2, 0) is 0 Å². The Balaban J connectivity index is 2.44. The van der Waals surface area contributed by atoms with E-state index < -0.39 is 0 Å². The van der Waals surface area contributed by atoms with Crippen molar-refractivity contribution in [3.05, 3.63) is 51.6 Å². The SMILES string of the molecule is Cc1ccnc(Oc2ccc(Cl)cc2Cl)c1C(=N)N. The Hall–Kier alpha value is -1.78. The summed E-state index contributed by atoms with van der Waals surface area (Å²) < 4.78 is 5.61. The Bertz CT molecular complexity index is 644. The Morgan fingerprint density at radius 1 is 1.32 bits per heavy atom. The molecule has 1 aromatic heterocycles. The number of nitrogens with one attached hydrogen (secondary N) is 1. The lowest BCUT2D eigenvalue weighted by Crippen LogP contribution is -2.14. The van der Waals surface area contributed by atoms with Crippen LogP contribution in [0.2, 0.25) is 10.0 Å².